The first-order valence-corrected chi connectivity index (χ1v) is 9.22. The van der Waals surface area contributed by atoms with Crippen LogP contribution in [0.1, 0.15) is 0 Å². The zero-order valence-electron chi connectivity index (χ0n) is 14.9. The second-order valence-corrected chi connectivity index (χ2v) is 6.68. The van der Waals surface area contributed by atoms with Gasteiger partial charge in [-0.2, -0.15) is 0 Å². The van der Waals surface area contributed by atoms with Gasteiger partial charge in [-0.15, -0.1) is 0 Å². The molecule has 0 spiro atoms. The van der Waals surface area contributed by atoms with Crippen LogP contribution in [0.3, 0.4) is 0 Å². The Labute approximate surface area is 159 Å². The van der Waals surface area contributed by atoms with Gasteiger partial charge in [-0.05, 0) is 23.3 Å². The van der Waals surface area contributed by atoms with Gasteiger partial charge in [0.05, 0.1) is 5.52 Å². The van der Waals surface area contributed by atoms with Crippen molar-refractivity contribution in [2.45, 2.75) is 0 Å². The Kier molecular flexibility index (Phi) is 3.84. The Bertz CT molecular complexity index is 1190. The molecule has 0 bridgehead atoms. The fraction of sp³-hybridized carbons (Fsp3) is 0. The summed E-state index contributed by atoms with van der Waals surface area (Å²) in [5.41, 5.74) is 7.40. The average Bonchev–Trinajstić information content (AvgIpc) is 3.15. The summed E-state index contributed by atoms with van der Waals surface area (Å²) < 4.78 is 2.32. The molecule has 0 saturated carbocycles. The van der Waals surface area contributed by atoms with Crippen molar-refractivity contribution in [3.05, 3.63) is 115 Å². The SMILES string of the molecule is c1ccc(-c2cn(-c3ccccc3)c3c(-c4ccccc4)cccc23)cc1. The fourth-order valence-corrected chi connectivity index (χ4v) is 3.77. The highest BCUT2D eigenvalue weighted by Gasteiger charge is 2.15. The van der Waals surface area contributed by atoms with Crippen LogP contribution in [0.2, 0.25) is 0 Å². The molecule has 5 rings (SSSR count). The van der Waals surface area contributed by atoms with E-state index in [1.54, 1.807) is 0 Å². The highest BCUT2D eigenvalue weighted by atomic mass is 15.0. The maximum Gasteiger partial charge on any atom is 0.0613 e. The third kappa shape index (κ3) is 2.74. The lowest BCUT2D eigenvalue weighted by Gasteiger charge is -2.10. The van der Waals surface area contributed by atoms with Gasteiger partial charge in [-0.1, -0.05) is 97.1 Å². The van der Waals surface area contributed by atoms with Gasteiger partial charge >= 0.3 is 0 Å². The fourth-order valence-electron chi connectivity index (χ4n) is 3.77. The molecule has 5 aromatic rings. The minimum Gasteiger partial charge on any atom is -0.315 e. The molecular formula is C26H19N. The number of fused-ring (bicyclic) bond motifs is 1. The maximum absolute atomic E-state index is 2.32. The smallest absolute Gasteiger partial charge is 0.0613 e. The van der Waals surface area contributed by atoms with Crippen molar-refractivity contribution in [1.29, 1.82) is 0 Å². The lowest BCUT2D eigenvalue weighted by Crippen LogP contribution is -1.93. The van der Waals surface area contributed by atoms with Gasteiger partial charge in [-0.25, -0.2) is 0 Å². The largest absolute Gasteiger partial charge is 0.315 e. The van der Waals surface area contributed by atoms with Gasteiger partial charge in [0, 0.05) is 28.4 Å². The summed E-state index contributed by atoms with van der Waals surface area (Å²) in [7, 11) is 0. The first-order valence-electron chi connectivity index (χ1n) is 9.22. The van der Waals surface area contributed by atoms with E-state index in [-0.39, 0.29) is 0 Å². The minimum atomic E-state index is 1.17. The lowest BCUT2D eigenvalue weighted by molar-refractivity contribution is 1.13. The van der Waals surface area contributed by atoms with Crippen LogP contribution >= 0.6 is 0 Å². The van der Waals surface area contributed by atoms with E-state index in [0.717, 1.165) is 0 Å². The molecule has 128 valence electrons. The standard InChI is InChI=1S/C26H19N/c1-4-11-20(12-5-1)23-17-10-18-24-25(21-13-6-2-7-14-21)19-27(26(23)24)22-15-8-3-9-16-22/h1-19H. The second-order valence-electron chi connectivity index (χ2n) is 6.68. The predicted molar refractivity (Wildman–Crippen MR) is 114 cm³/mol. The topological polar surface area (TPSA) is 4.93 Å². The van der Waals surface area contributed by atoms with Crippen LogP contribution in [0, 0.1) is 0 Å². The van der Waals surface area contributed by atoms with Gasteiger partial charge in [-0.3, -0.25) is 0 Å². The highest BCUT2D eigenvalue weighted by molar-refractivity contribution is 6.04. The first-order chi connectivity index (χ1) is 13.4. The maximum atomic E-state index is 2.32. The van der Waals surface area contributed by atoms with Crippen molar-refractivity contribution in [3.63, 3.8) is 0 Å². The summed E-state index contributed by atoms with van der Waals surface area (Å²) >= 11 is 0. The summed E-state index contributed by atoms with van der Waals surface area (Å²) in [6.45, 7) is 0. The number of hydrogen-bond donors (Lipinski definition) is 0. The van der Waals surface area contributed by atoms with E-state index in [1.807, 2.05) is 0 Å². The minimum absolute atomic E-state index is 1.17. The molecule has 1 nitrogen and oxygen atoms in total. The van der Waals surface area contributed by atoms with E-state index in [0.29, 0.717) is 0 Å². The number of benzene rings is 4. The van der Waals surface area contributed by atoms with Crippen LogP contribution in [0.5, 0.6) is 0 Å². The van der Waals surface area contributed by atoms with Gasteiger partial charge in [0.2, 0.25) is 0 Å². The lowest BCUT2D eigenvalue weighted by atomic mass is 9.99. The van der Waals surface area contributed by atoms with E-state index in [2.05, 4.69) is 120 Å². The molecule has 0 atom stereocenters. The van der Waals surface area contributed by atoms with Gasteiger partial charge in [0.1, 0.15) is 0 Å². The quantitative estimate of drug-likeness (QED) is 0.333. The molecule has 0 N–H and O–H groups in total. The molecule has 0 aliphatic carbocycles. The van der Waals surface area contributed by atoms with Crippen molar-refractivity contribution in [2.75, 3.05) is 0 Å². The van der Waals surface area contributed by atoms with Crippen LogP contribution in [0.15, 0.2) is 115 Å². The summed E-state index contributed by atoms with van der Waals surface area (Å²) in [6.07, 6.45) is 2.27. The monoisotopic (exact) mass is 345 g/mol. The van der Waals surface area contributed by atoms with Crippen molar-refractivity contribution in [2.24, 2.45) is 0 Å². The molecule has 0 radical (unpaired) electrons. The normalized spacial score (nSPS) is 11.0. The number of aromatic nitrogens is 1. The molecule has 0 aliphatic heterocycles. The number of rotatable bonds is 3. The van der Waals surface area contributed by atoms with Gasteiger partial charge in [0.15, 0.2) is 0 Å². The van der Waals surface area contributed by atoms with Crippen LogP contribution in [0.25, 0.3) is 38.8 Å². The average molecular weight is 345 g/mol. The third-order valence-electron chi connectivity index (χ3n) is 5.03. The summed E-state index contributed by atoms with van der Waals surface area (Å²) in [5, 5.41) is 1.27. The Hall–Kier alpha value is -3.58. The zero-order chi connectivity index (χ0) is 18.1. The first kappa shape index (κ1) is 15.7. The van der Waals surface area contributed by atoms with Crippen molar-refractivity contribution >= 4 is 10.9 Å². The summed E-state index contributed by atoms with van der Waals surface area (Å²) in [5.74, 6) is 0. The third-order valence-corrected chi connectivity index (χ3v) is 5.03. The molecule has 4 aromatic carbocycles. The van der Waals surface area contributed by atoms with Crippen molar-refractivity contribution in [3.8, 4) is 27.9 Å². The van der Waals surface area contributed by atoms with E-state index in [1.165, 1.54) is 38.8 Å². The molecule has 0 aliphatic rings. The molecule has 0 amide bonds. The number of para-hydroxylation sites is 2. The van der Waals surface area contributed by atoms with Crippen LogP contribution in [0.4, 0.5) is 0 Å². The predicted octanol–water partition coefficient (Wildman–Crippen LogP) is 6.96. The number of hydrogen-bond acceptors (Lipinski definition) is 0. The molecule has 1 aromatic heterocycles. The molecule has 0 saturated heterocycles. The van der Waals surface area contributed by atoms with E-state index in [9.17, 15) is 0 Å². The zero-order valence-corrected chi connectivity index (χ0v) is 14.9. The van der Waals surface area contributed by atoms with Crippen molar-refractivity contribution < 1.29 is 0 Å². The Morgan fingerprint density at radius 3 is 1.63 bits per heavy atom. The Balaban J connectivity index is 1.87. The van der Waals surface area contributed by atoms with Gasteiger partial charge in [0.25, 0.3) is 0 Å². The Morgan fingerprint density at radius 1 is 0.444 bits per heavy atom. The molecule has 0 unspecified atom stereocenters. The van der Waals surface area contributed by atoms with E-state index < -0.39 is 0 Å². The van der Waals surface area contributed by atoms with Gasteiger partial charge < -0.3 is 4.57 Å². The molecular weight excluding hydrogens is 326 g/mol. The van der Waals surface area contributed by atoms with Crippen LogP contribution in [-0.4, -0.2) is 4.57 Å². The summed E-state index contributed by atoms with van der Waals surface area (Å²) in [6, 6.07) is 38.4. The van der Waals surface area contributed by atoms with Crippen LogP contribution in [-0.2, 0) is 0 Å². The van der Waals surface area contributed by atoms with Crippen LogP contribution < -0.4 is 0 Å². The van der Waals surface area contributed by atoms with E-state index >= 15 is 0 Å². The number of nitrogens with zero attached hydrogens (tertiary/aromatic N) is 1. The van der Waals surface area contributed by atoms with E-state index in [4.69, 9.17) is 0 Å². The van der Waals surface area contributed by atoms with Crippen molar-refractivity contribution in [1.82, 2.24) is 4.57 Å². The Morgan fingerprint density at radius 2 is 1.00 bits per heavy atom. The molecule has 0 fully saturated rings. The molecule has 27 heavy (non-hydrogen) atoms. The summed E-state index contributed by atoms with van der Waals surface area (Å²) in [4.78, 5) is 0. The second kappa shape index (κ2) is 6.62. The molecule has 1 heteroatoms. The highest BCUT2D eigenvalue weighted by Crippen LogP contribution is 2.37. The molecule has 1 heterocycles.